The normalized spacial score (nSPS) is 10.3. The van der Waals surface area contributed by atoms with Gasteiger partial charge in [0.05, 0.1) is 5.69 Å². The molecule has 0 aliphatic heterocycles. The summed E-state index contributed by atoms with van der Waals surface area (Å²) in [6.07, 6.45) is 2.13. The van der Waals surface area contributed by atoms with Crippen molar-refractivity contribution in [1.82, 2.24) is 14.7 Å². The van der Waals surface area contributed by atoms with Gasteiger partial charge in [-0.2, -0.15) is 5.10 Å². The molecule has 0 N–H and O–H groups in total. The maximum atomic E-state index is 11.9. The van der Waals surface area contributed by atoms with E-state index in [2.05, 4.69) is 5.10 Å². The highest BCUT2D eigenvalue weighted by Gasteiger charge is 2.15. The van der Waals surface area contributed by atoms with Crippen molar-refractivity contribution < 1.29 is 9.59 Å². The summed E-state index contributed by atoms with van der Waals surface area (Å²) in [5.74, 6) is -0.111. The Kier molecular flexibility index (Phi) is 3.98. The van der Waals surface area contributed by atoms with E-state index < -0.39 is 0 Å². The van der Waals surface area contributed by atoms with E-state index in [9.17, 15) is 9.59 Å². The predicted molar refractivity (Wildman–Crippen MR) is 76.2 cm³/mol. The van der Waals surface area contributed by atoms with Crippen LogP contribution >= 0.6 is 0 Å². The number of carbonyl (C=O) groups is 2. The van der Waals surface area contributed by atoms with E-state index in [0.717, 1.165) is 0 Å². The zero-order chi connectivity index (χ0) is 14.7. The molecule has 0 saturated heterocycles. The van der Waals surface area contributed by atoms with Crippen molar-refractivity contribution >= 4 is 11.7 Å². The second kappa shape index (κ2) is 5.69. The molecule has 0 radical (unpaired) electrons. The van der Waals surface area contributed by atoms with Crippen LogP contribution in [0.4, 0.5) is 0 Å². The lowest BCUT2D eigenvalue weighted by Gasteiger charge is -2.09. The summed E-state index contributed by atoms with van der Waals surface area (Å²) in [6, 6.07) is 8.91. The van der Waals surface area contributed by atoms with E-state index in [1.165, 1.54) is 4.90 Å². The van der Waals surface area contributed by atoms with Gasteiger partial charge in [-0.25, -0.2) is 4.68 Å². The number of amides is 1. The minimum absolute atomic E-state index is 0.0524. The molecule has 5 heteroatoms. The zero-order valence-corrected chi connectivity index (χ0v) is 11.8. The van der Waals surface area contributed by atoms with E-state index >= 15 is 0 Å². The number of nitrogens with zero attached hydrogens (tertiary/aromatic N) is 3. The molecule has 1 aromatic carbocycles. The Morgan fingerprint density at radius 1 is 1.20 bits per heavy atom. The van der Waals surface area contributed by atoms with E-state index in [-0.39, 0.29) is 11.7 Å². The van der Waals surface area contributed by atoms with Crippen LogP contribution in [0.3, 0.4) is 0 Å². The summed E-state index contributed by atoms with van der Waals surface area (Å²) in [5, 5.41) is 4.25. The fraction of sp³-hybridized carbons (Fsp3) is 0.267. The van der Waals surface area contributed by atoms with Crippen LogP contribution in [0, 0.1) is 0 Å². The number of carbonyl (C=O) groups excluding carboxylic acids is 2. The highest BCUT2D eigenvalue weighted by Crippen LogP contribution is 2.16. The quantitative estimate of drug-likeness (QED) is 0.801. The Morgan fingerprint density at radius 2 is 1.90 bits per heavy atom. The maximum absolute atomic E-state index is 11.9. The molecule has 2 aromatic rings. The van der Waals surface area contributed by atoms with Gasteiger partial charge in [0.15, 0.2) is 11.5 Å². The molecule has 0 spiro atoms. The smallest absolute Gasteiger partial charge is 0.273 e. The van der Waals surface area contributed by atoms with Crippen LogP contribution in [0.5, 0.6) is 0 Å². The first-order valence-corrected chi connectivity index (χ1v) is 6.44. The molecular weight excluding hydrogens is 254 g/mol. The molecule has 0 aliphatic rings. The van der Waals surface area contributed by atoms with E-state index in [1.54, 1.807) is 37.1 Å². The van der Waals surface area contributed by atoms with Gasteiger partial charge in [0.25, 0.3) is 5.91 Å². The van der Waals surface area contributed by atoms with Crippen molar-refractivity contribution in [2.24, 2.45) is 0 Å². The Bertz CT molecular complexity index is 644. The van der Waals surface area contributed by atoms with Crippen molar-refractivity contribution in [2.75, 3.05) is 14.1 Å². The number of para-hydroxylation sites is 1. The second-order valence-electron chi connectivity index (χ2n) is 4.64. The first-order chi connectivity index (χ1) is 9.54. The van der Waals surface area contributed by atoms with E-state index in [1.807, 2.05) is 25.1 Å². The van der Waals surface area contributed by atoms with Crippen molar-refractivity contribution in [3.05, 3.63) is 47.8 Å². The summed E-state index contributed by atoms with van der Waals surface area (Å²) in [4.78, 5) is 25.3. The molecule has 0 unspecified atom stereocenters. The second-order valence-corrected chi connectivity index (χ2v) is 4.64. The van der Waals surface area contributed by atoms with Gasteiger partial charge in [-0.3, -0.25) is 9.59 Å². The fourth-order valence-corrected chi connectivity index (χ4v) is 1.90. The van der Waals surface area contributed by atoms with Gasteiger partial charge >= 0.3 is 0 Å². The van der Waals surface area contributed by atoms with Gasteiger partial charge in [-0.15, -0.1) is 0 Å². The van der Waals surface area contributed by atoms with Crippen molar-refractivity contribution in [3.63, 3.8) is 0 Å². The molecule has 0 atom stereocenters. The molecule has 0 aliphatic carbocycles. The molecular formula is C15H17N3O2. The minimum atomic E-state index is -0.164. The van der Waals surface area contributed by atoms with Crippen molar-refractivity contribution in [3.8, 4) is 5.69 Å². The SMILES string of the molecule is CCC(=O)c1ccccc1-n1ccc(C(=O)N(C)C)n1. The van der Waals surface area contributed by atoms with Crippen LogP contribution in [-0.2, 0) is 0 Å². The number of hydrogen-bond donors (Lipinski definition) is 0. The van der Waals surface area contributed by atoms with Crippen molar-refractivity contribution in [2.45, 2.75) is 13.3 Å². The van der Waals surface area contributed by atoms with Crippen LogP contribution in [0.25, 0.3) is 5.69 Å². The number of rotatable bonds is 4. The monoisotopic (exact) mass is 271 g/mol. The van der Waals surface area contributed by atoms with Crippen LogP contribution in [0.2, 0.25) is 0 Å². The molecule has 20 heavy (non-hydrogen) atoms. The summed E-state index contributed by atoms with van der Waals surface area (Å²) in [7, 11) is 3.35. The molecule has 0 bridgehead atoms. The molecule has 1 amide bonds. The Labute approximate surface area is 117 Å². The minimum Gasteiger partial charge on any atom is -0.343 e. The molecule has 5 nitrogen and oxygen atoms in total. The third-order valence-corrected chi connectivity index (χ3v) is 2.99. The predicted octanol–water partition coefficient (Wildman–Crippen LogP) is 2.17. The fourth-order valence-electron chi connectivity index (χ4n) is 1.90. The summed E-state index contributed by atoms with van der Waals surface area (Å²) < 4.78 is 1.57. The van der Waals surface area contributed by atoms with Crippen LogP contribution in [0.15, 0.2) is 36.5 Å². The Hall–Kier alpha value is -2.43. The third kappa shape index (κ3) is 2.61. The third-order valence-electron chi connectivity index (χ3n) is 2.99. The molecule has 1 aromatic heterocycles. The van der Waals surface area contributed by atoms with Crippen molar-refractivity contribution in [1.29, 1.82) is 0 Å². The molecule has 2 rings (SSSR count). The largest absolute Gasteiger partial charge is 0.343 e. The lowest BCUT2D eigenvalue weighted by Crippen LogP contribution is -2.22. The van der Waals surface area contributed by atoms with Crippen LogP contribution < -0.4 is 0 Å². The average Bonchev–Trinajstić information content (AvgIpc) is 2.95. The van der Waals surface area contributed by atoms with Crippen LogP contribution in [0.1, 0.15) is 34.2 Å². The Balaban J connectivity index is 2.43. The molecule has 0 fully saturated rings. The number of Topliss-reactive ketones (excluding diaryl/α,β-unsaturated/α-hetero) is 1. The standard InChI is InChI=1S/C15H17N3O2/c1-4-14(19)11-7-5-6-8-13(11)18-10-9-12(16-18)15(20)17(2)3/h5-10H,4H2,1-3H3. The van der Waals surface area contributed by atoms with Gasteiger partial charge in [0.2, 0.25) is 0 Å². The lowest BCUT2D eigenvalue weighted by molar-refractivity contribution is 0.0821. The molecule has 0 saturated carbocycles. The number of ketones is 1. The summed E-state index contributed by atoms with van der Waals surface area (Å²) >= 11 is 0. The van der Waals surface area contributed by atoms with Gasteiger partial charge in [-0.05, 0) is 18.2 Å². The zero-order valence-electron chi connectivity index (χ0n) is 11.8. The van der Waals surface area contributed by atoms with E-state index in [4.69, 9.17) is 0 Å². The summed E-state index contributed by atoms with van der Waals surface area (Å²) in [6.45, 7) is 1.82. The average molecular weight is 271 g/mol. The number of hydrogen-bond acceptors (Lipinski definition) is 3. The summed E-state index contributed by atoms with van der Waals surface area (Å²) in [5.41, 5.74) is 1.66. The number of aromatic nitrogens is 2. The van der Waals surface area contributed by atoms with E-state index in [0.29, 0.717) is 23.4 Å². The van der Waals surface area contributed by atoms with Gasteiger partial charge in [0.1, 0.15) is 0 Å². The Morgan fingerprint density at radius 3 is 2.55 bits per heavy atom. The molecule has 104 valence electrons. The highest BCUT2D eigenvalue weighted by molar-refractivity contribution is 5.99. The molecule has 1 heterocycles. The van der Waals surface area contributed by atoms with Gasteiger partial charge < -0.3 is 4.90 Å². The van der Waals surface area contributed by atoms with Crippen LogP contribution in [-0.4, -0.2) is 40.5 Å². The first kappa shape index (κ1) is 14.0. The van der Waals surface area contributed by atoms with Gasteiger partial charge in [0, 0.05) is 32.3 Å². The number of benzene rings is 1. The topological polar surface area (TPSA) is 55.2 Å². The lowest BCUT2D eigenvalue weighted by atomic mass is 10.1. The highest BCUT2D eigenvalue weighted by atomic mass is 16.2. The maximum Gasteiger partial charge on any atom is 0.273 e. The van der Waals surface area contributed by atoms with Gasteiger partial charge in [-0.1, -0.05) is 19.1 Å². The first-order valence-electron chi connectivity index (χ1n) is 6.44.